The van der Waals surface area contributed by atoms with Gasteiger partial charge in [0.1, 0.15) is 33.5 Å². The number of hydrogen-bond acceptors (Lipinski definition) is 8. The van der Waals surface area contributed by atoms with Gasteiger partial charge in [-0.15, -0.1) is 5.10 Å². The Labute approximate surface area is 270 Å². The second kappa shape index (κ2) is 14.2. The lowest BCUT2D eigenvalue weighted by Gasteiger charge is -2.24. The number of nitrogens with two attached hydrogens (primary N) is 1. The zero-order valence-electron chi connectivity index (χ0n) is 26.9. The number of ether oxygens (including phenoxy) is 2. The Kier molecular flexibility index (Phi) is 10.3. The van der Waals surface area contributed by atoms with Gasteiger partial charge in [0.25, 0.3) is 0 Å². The first kappa shape index (κ1) is 33.4. The molecule has 2 atom stereocenters. The molecule has 0 saturated heterocycles. The molecule has 0 radical (unpaired) electrons. The first-order valence-electron chi connectivity index (χ1n) is 15.7. The molecule has 0 fully saturated rings. The van der Waals surface area contributed by atoms with Gasteiger partial charge in [0.15, 0.2) is 0 Å². The van der Waals surface area contributed by atoms with E-state index in [1.54, 1.807) is 24.9 Å². The molecule has 0 bridgehead atoms. The van der Waals surface area contributed by atoms with Crippen LogP contribution in [0.2, 0.25) is 0 Å². The Bertz CT molecular complexity index is 1820. The molecule has 46 heavy (non-hydrogen) atoms. The monoisotopic (exact) mass is 649 g/mol. The summed E-state index contributed by atoms with van der Waals surface area (Å²) in [4.78, 5) is 12.2. The fourth-order valence-corrected chi connectivity index (χ4v) is 7.77. The minimum absolute atomic E-state index is 0.115. The lowest BCUT2D eigenvalue weighted by Crippen LogP contribution is -2.35. The number of aromatic nitrogens is 3. The number of fused-ring (bicyclic) bond motifs is 2. The van der Waals surface area contributed by atoms with E-state index in [0.29, 0.717) is 29.1 Å². The zero-order chi connectivity index (χ0) is 33.0. The third-order valence-corrected chi connectivity index (χ3v) is 10.5. The highest BCUT2D eigenvalue weighted by Crippen LogP contribution is 2.37. The number of carbonyl (C=O) groups is 1. The number of aryl methyl sites for hydroxylation is 3. The number of aliphatic carboxylic acids is 1. The molecule has 1 aliphatic heterocycles. The molecule has 0 spiro atoms. The Morgan fingerprint density at radius 2 is 1.89 bits per heavy atom. The molecule has 0 saturated carbocycles. The quantitative estimate of drug-likeness (QED) is 0.192. The van der Waals surface area contributed by atoms with Gasteiger partial charge in [0.05, 0.1) is 20.1 Å². The van der Waals surface area contributed by atoms with Crippen molar-refractivity contribution < 1.29 is 27.8 Å². The van der Waals surface area contributed by atoms with Crippen LogP contribution in [0.15, 0.2) is 53.4 Å². The van der Waals surface area contributed by atoms with Crippen LogP contribution in [0.4, 0.5) is 0 Å². The summed E-state index contributed by atoms with van der Waals surface area (Å²) in [7, 11) is -0.563. The molecule has 4 aromatic rings. The number of carboxylic acid groups (broad SMARTS) is 1. The van der Waals surface area contributed by atoms with Gasteiger partial charge >= 0.3 is 5.97 Å². The van der Waals surface area contributed by atoms with Gasteiger partial charge < -0.3 is 20.3 Å². The smallest absolute Gasteiger partial charge is 0.304 e. The van der Waals surface area contributed by atoms with Crippen LogP contribution in [0, 0.1) is 6.92 Å². The number of nitrogens with zero attached hydrogens (tertiary/aromatic N) is 4. The molecule has 1 aliphatic rings. The highest BCUT2D eigenvalue weighted by molar-refractivity contribution is 7.89. The first-order valence-corrected chi connectivity index (χ1v) is 17.1. The molecule has 2 heterocycles. The van der Waals surface area contributed by atoms with Crippen LogP contribution in [0.3, 0.4) is 0 Å². The van der Waals surface area contributed by atoms with E-state index in [4.69, 9.17) is 15.2 Å². The van der Waals surface area contributed by atoms with Gasteiger partial charge in [-0.05, 0) is 91.7 Å². The maximum absolute atomic E-state index is 14.0. The average molecular weight is 650 g/mol. The number of methoxy groups -OCH3 is 1. The summed E-state index contributed by atoms with van der Waals surface area (Å²) in [5.41, 5.74) is 11.1. The molecule has 12 heteroatoms. The topological polar surface area (TPSA) is 150 Å². The summed E-state index contributed by atoms with van der Waals surface area (Å²) < 4.78 is 42.9. The van der Waals surface area contributed by atoms with Crippen molar-refractivity contribution in [2.75, 3.05) is 20.2 Å². The summed E-state index contributed by atoms with van der Waals surface area (Å²) in [6, 6.07) is 14.8. The van der Waals surface area contributed by atoms with Crippen molar-refractivity contribution >= 4 is 27.0 Å². The highest BCUT2D eigenvalue weighted by Gasteiger charge is 2.34. The molecule has 3 N–H and O–H groups in total. The van der Waals surface area contributed by atoms with Crippen LogP contribution in [0.25, 0.3) is 11.0 Å². The third-order valence-electron chi connectivity index (χ3n) is 8.65. The van der Waals surface area contributed by atoms with Crippen molar-refractivity contribution in [3.63, 3.8) is 0 Å². The van der Waals surface area contributed by atoms with Crippen molar-refractivity contribution in [3.8, 4) is 11.5 Å². The SMILES string of the molecule is COc1cc([C@@H](CC(=O)O)c2ccc(C)c(CN3C[C@@H](C)Oc4cc(CCCCCCN)ccc4S3(=O)=O)c2)cc2nnn(C)c12. The average Bonchev–Trinajstić information content (AvgIpc) is 3.36. The normalized spacial score (nSPS) is 16.8. The maximum atomic E-state index is 14.0. The number of sulfonamides is 1. The van der Waals surface area contributed by atoms with Crippen molar-refractivity contribution in [1.82, 2.24) is 19.3 Å². The van der Waals surface area contributed by atoms with Gasteiger partial charge in [0.2, 0.25) is 10.0 Å². The number of carboxylic acids is 1. The first-order chi connectivity index (χ1) is 22.0. The van der Waals surface area contributed by atoms with E-state index >= 15 is 0 Å². The van der Waals surface area contributed by atoms with Crippen molar-refractivity contribution in [3.05, 3.63) is 76.3 Å². The van der Waals surface area contributed by atoms with Gasteiger partial charge in [-0.3, -0.25) is 4.79 Å². The fraction of sp³-hybridized carbons (Fsp3) is 0.441. The van der Waals surface area contributed by atoms with E-state index in [1.807, 2.05) is 56.3 Å². The predicted molar refractivity (Wildman–Crippen MR) is 176 cm³/mol. The molecule has 0 amide bonds. The molecule has 246 valence electrons. The molecule has 3 aromatic carbocycles. The van der Waals surface area contributed by atoms with Crippen LogP contribution in [0.5, 0.6) is 11.5 Å². The Hall–Kier alpha value is -4.00. The fourth-order valence-electron chi connectivity index (χ4n) is 6.17. The van der Waals surface area contributed by atoms with E-state index in [-0.39, 0.29) is 30.5 Å². The van der Waals surface area contributed by atoms with E-state index in [9.17, 15) is 18.3 Å². The molecular formula is C34H43N5O6S. The summed E-state index contributed by atoms with van der Waals surface area (Å²) >= 11 is 0. The number of unbranched alkanes of at least 4 members (excludes halogenated alkanes) is 3. The second-order valence-corrected chi connectivity index (χ2v) is 14.0. The van der Waals surface area contributed by atoms with Crippen LogP contribution in [-0.2, 0) is 34.8 Å². The largest absolute Gasteiger partial charge is 0.494 e. The number of hydrogen-bond donors (Lipinski definition) is 2. The molecule has 11 nitrogen and oxygen atoms in total. The summed E-state index contributed by atoms with van der Waals surface area (Å²) in [5.74, 6) is -0.567. The Morgan fingerprint density at radius 3 is 2.63 bits per heavy atom. The van der Waals surface area contributed by atoms with Gasteiger partial charge in [-0.2, -0.15) is 4.31 Å². The van der Waals surface area contributed by atoms with E-state index < -0.39 is 21.9 Å². The Balaban J connectivity index is 1.45. The minimum atomic E-state index is -3.89. The molecule has 0 unspecified atom stereocenters. The maximum Gasteiger partial charge on any atom is 0.304 e. The standard InChI is InChI=1S/C34H43N5O6S/c1-22-10-12-25(28(19-33(40)41)26-17-29-34(31(18-26)44-4)38(3)37-36-29)16-27(22)21-39-20-23(2)45-30-15-24(9-7-5-6-8-14-35)11-13-32(30)46(39,42)43/h10-13,15-18,23,28H,5-9,14,19-21,35H2,1-4H3,(H,40,41)/t23-,28+/m1/s1. The second-order valence-electron chi connectivity index (χ2n) is 12.1. The molecule has 5 rings (SSSR count). The number of rotatable bonds is 13. The minimum Gasteiger partial charge on any atom is -0.494 e. The summed E-state index contributed by atoms with van der Waals surface area (Å²) in [6.45, 7) is 4.79. The lowest BCUT2D eigenvalue weighted by molar-refractivity contribution is -0.137. The van der Waals surface area contributed by atoms with E-state index in [2.05, 4.69) is 10.3 Å². The van der Waals surface area contributed by atoms with Crippen LogP contribution >= 0.6 is 0 Å². The van der Waals surface area contributed by atoms with Crippen molar-refractivity contribution in [1.29, 1.82) is 0 Å². The zero-order valence-corrected chi connectivity index (χ0v) is 27.7. The van der Waals surface area contributed by atoms with Crippen molar-refractivity contribution in [2.45, 2.75) is 75.8 Å². The molecule has 0 aliphatic carbocycles. The third kappa shape index (κ3) is 7.19. The van der Waals surface area contributed by atoms with Crippen LogP contribution in [0.1, 0.15) is 72.8 Å². The lowest BCUT2D eigenvalue weighted by atomic mass is 9.86. The molecular weight excluding hydrogens is 606 g/mol. The van der Waals surface area contributed by atoms with Gasteiger partial charge in [-0.25, -0.2) is 13.1 Å². The van der Waals surface area contributed by atoms with Gasteiger partial charge in [-0.1, -0.05) is 42.3 Å². The van der Waals surface area contributed by atoms with E-state index in [1.165, 1.54) is 4.31 Å². The Morgan fingerprint density at radius 1 is 1.11 bits per heavy atom. The van der Waals surface area contributed by atoms with Crippen molar-refractivity contribution in [2.24, 2.45) is 12.8 Å². The highest BCUT2D eigenvalue weighted by atomic mass is 32.2. The van der Waals surface area contributed by atoms with Crippen LogP contribution in [-0.4, -0.2) is 65.1 Å². The summed E-state index contributed by atoms with van der Waals surface area (Å²) in [5, 5.41) is 18.2. The number of benzene rings is 3. The van der Waals surface area contributed by atoms with Crippen LogP contribution < -0.4 is 15.2 Å². The summed E-state index contributed by atoms with van der Waals surface area (Å²) in [6.07, 6.45) is 4.48. The predicted octanol–water partition coefficient (Wildman–Crippen LogP) is 4.93. The molecule has 1 aromatic heterocycles. The van der Waals surface area contributed by atoms with E-state index in [0.717, 1.165) is 59.9 Å². The van der Waals surface area contributed by atoms with Gasteiger partial charge in [0, 0.05) is 19.5 Å².